The van der Waals surface area contributed by atoms with E-state index in [0.717, 1.165) is 5.56 Å². The van der Waals surface area contributed by atoms with Crippen molar-refractivity contribution < 1.29 is 9.50 Å². The molecule has 1 unspecified atom stereocenters. The second-order valence-electron chi connectivity index (χ2n) is 4.89. The predicted octanol–water partition coefficient (Wildman–Crippen LogP) is 4.43. The van der Waals surface area contributed by atoms with E-state index in [4.69, 9.17) is 11.6 Å². The molecule has 0 aliphatic heterocycles. The summed E-state index contributed by atoms with van der Waals surface area (Å²) < 4.78 is 13.8. The van der Waals surface area contributed by atoms with Crippen molar-refractivity contribution >= 4 is 17.3 Å². The van der Waals surface area contributed by atoms with Crippen LogP contribution < -0.4 is 4.90 Å². The Morgan fingerprint density at radius 3 is 2.62 bits per heavy atom. The maximum absolute atomic E-state index is 13.8. The van der Waals surface area contributed by atoms with Gasteiger partial charge in [0, 0.05) is 18.1 Å². The topological polar surface area (TPSA) is 23.5 Å². The number of hydrogen-bond donors (Lipinski definition) is 1. The summed E-state index contributed by atoms with van der Waals surface area (Å²) in [4.78, 5) is 1.92. The summed E-state index contributed by atoms with van der Waals surface area (Å²) in [5, 5.41) is 10.8. The monoisotopic (exact) mass is 307 g/mol. The lowest BCUT2D eigenvalue weighted by atomic mass is 10.1. The molecule has 2 aromatic rings. The number of hydrogen-bond acceptors (Lipinski definition) is 2. The molecule has 0 bridgehead atoms. The number of aliphatic hydroxyl groups excluding tert-OH is 1. The van der Waals surface area contributed by atoms with Gasteiger partial charge in [0.05, 0.1) is 11.8 Å². The van der Waals surface area contributed by atoms with Crippen molar-refractivity contribution in [3.63, 3.8) is 0 Å². The second-order valence-corrected chi connectivity index (χ2v) is 5.33. The first kappa shape index (κ1) is 15.8. The largest absolute Gasteiger partial charge is 0.388 e. The molecule has 21 heavy (non-hydrogen) atoms. The number of rotatable bonds is 6. The highest BCUT2D eigenvalue weighted by molar-refractivity contribution is 6.30. The van der Waals surface area contributed by atoms with Crippen molar-refractivity contribution in [1.82, 2.24) is 0 Å². The van der Waals surface area contributed by atoms with Crippen molar-refractivity contribution in [2.24, 2.45) is 0 Å². The fraction of sp³-hybridized carbons (Fsp3) is 0.294. The SMILES string of the molecule is CCN(CCC(O)c1cccc(Cl)c1)c1ccccc1F. The summed E-state index contributed by atoms with van der Waals surface area (Å²) in [5.74, 6) is -0.239. The van der Waals surface area contributed by atoms with Crippen LogP contribution in [0.4, 0.5) is 10.1 Å². The molecule has 2 nitrogen and oxygen atoms in total. The predicted molar refractivity (Wildman–Crippen MR) is 85.3 cm³/mol. The molecule has 0 amide bonds. The third-order valence-electron chi connectivity index (χ3n) is 3.48. The Morgan fingerprint density at radius 1 is 1.19 bits per heavy atom. The average Bonchev–Trinajstić information content (AvgIpc) is 2.49. The highest BCUT2D eigenvalue weighted by Gasteiger charge is 2.13. The normalized spacial score (nSPS) is 12.2. The third-order valence-corrected chi connectivity index (χ3v) is 3.72. The van der Waals surface area contributed by atoms with Gasteiger partial charge in [0.25, 0.3) is 0 Å². The van der Waals surface area contributed by atoms with Gasteiger partial charge in [0.2, 0.25) is 0 Å². The maximum atomic E-state index is 13.8. The first-order valence-corrected chi connectivity index (χ1v) is 7.42. The van der Waals surface area contributed by atoms with Crippen molar-refractivity contribution in [3.05, 3.63) is 64.9 Å². The minimum Gasteiger partial charge on any atom is -0.388 e. The van der Waals surface area contributed by atoms with Gasteiger partial charge in [-0.2, -0.15) is 0 Å². The van der Waals surface area contributed by atoms with Gasteiger partial charge in [0.15, 0.2) is 0 Å². The fourth-order valence-corrected chi connectivity index (χ4v) is 2.51. The maximum Gasteiger partial charge on any atom is 0.146 e. The van der Waals surface area contributed by atoms with Crippen LogP contribution in [0.15, 0.2) is 48.5 Å². The molecule has 0 saturated heterocycles. The lowest BCUT2D eigenvalue weighted by Gasteiger charge is -2.25. The van der Waals surface area contributed by atoms with Crippen molar-refractivity contribution in [3.8, 4) is 0 Å². The Morgan fingerprint density at radius 2 is 1.95 bits per heavy atom. The zero-order valence-electron chi connectivity index (χ0n) is 12.0. The highest BCUT2D eigenvalue weighted by Crippen LogP contribution is 2.23. The molecular formula is C17H19ClFNO. The molecule has 0 radical (unpaired) electrons. The smallest absolute Gasteiger partial charge is 0.146 e. The summed E-state index contributed by atoms with van der Waals surface area (Å²) in [6, 6.07) is 13.9. The molecule has 2 rings (SSSR count). The summed E-state index contributed by atoms with van der Waals surface area (Å²) in [6.45, 7) is 3.23. The van der Waals surface area contributed by atoms with Crippen LogP contribution in [0.2, 0.25) is 5.02 Å². The number of halogens is 2. The van der Waals surface area contributed by atoms with Gasteiger partial charge in [-0.25, -0.2) is 4.39 Å². The van der Waals surface area contributed by atoms with Crippen LogP contribution >= 0.6 is 11.6 Å². The standard InChI is InChI=1S/C17H19ClFNO/c1-2-20(16-9-4-3-8-15(16)19)11-10-17(21)13-6-5-7-14(18)12-13/h3-9,12,17,21H,2,10-11H2,1H3. The Labute approximate surface area is 129 Å². The number of para-hydroxylation sites is 1. The Kier molecular flexibility index (Phi) is 5.59. The molecule has 0 aliphatic rings. The van der Waals surface area contributed by atoms with E-state index in [0.29, 0.717) is 30.2 Å². The molecule has 112 valence electrons. The van der Waals surface area contributed by atoms with Crippen LogP contribution in [-0.2, 0) is 0 Å². The van der Waals surface area contributed by atoms with Crippen LogP contribution in [0.5, 0.6) is 0 Å². The van der Waals surface area contributed by atoms with Gasteiger partial charge < -0.3 is 10.0 Å². The Bertz CT molecular complexity index is 591. The molecule has 0 fully saturated rings. The Hall–Kier alpha value is -1.58. The molecular weight excluding hydrogens is 289 g/mol. The Balaban J connectivity index is 2.02. The quantitative estimate of drug-likeness (QED) is 0.853. The van der Waals surface area contributed by atoms with Crippen LogP contribution in [0, 0.1) is 5.82 Å². The molecule has 0 spiro atoms. The number of nitrogens with zero attached hydrogens (tertiary/aromatic N) is 1. The molecule has 1 atom stereocenters. The summed E-state index contributed by atoms with van der Waals surface area (Å²) in [5.41, 5.74) is 1.35. The third kappa shape index (κ3) is 4.19. The molecule has 0 aliphatic carbocycles. The number of benzene rings is 2. The molecule has 0 heterocycles. The van der Waals surface area contributed by atoms with Crippen LogP contribution in [-0.4, -0.2) is 18.2 Å². The summed E-state index contributed by atoms with van der Waals surface area (Å²) >= 11 is 5.92. The van der Waals surface area contributed by atoms with Gasteiger partial charge >= 0.3 is 0 Å². The van der Waals surface area contributed by atoms with E-state index in [-0.39, 0.29) is 5.82 Å². The first-order valence-electron chi connectivity index (χ1n) is 7.04. The number of anilines is 1. The van der Waals surface area contributed by atoms with E-state index in [9.17, 15) is 9.50 Å². The minimum absolute atomic E-state index is 0.239. The fourth-order valence-electron chi connectivity index (χ4n) is 2.32. The summed E-state index contributed by atoms with van der Waals surface area (Å²) in [7, 11) is 0. The minimum atomic E-state index is -0.607. The molecule has 0 saturated carbocycles. The zero-order valence-corrected chi connectivity index (χ0v) is 12.7. The summed E-state index contributed by atoms with van der Waals surface area (Å²) in [6.07, 6.45) is -0.0905. The second kappa shape index (κ2) is 7.43. The van der Waals surface area contributed by atoms with Gasteiger partial charge in [0.1, 0.15) is 5.82 Å². The number of aliphatic hydroxyl groups is 1. The zero-order chi connectivity index (χ0) is 15.2. The van der Waals surface area contributed by atoms with Crippen LogP contribution in [0.25, 0.3) is 0 Å². The van der Waals surface area contributed by atoms with E-state index in [2.05, 4.69) is 0 Å². The molecule has 1 N–H and O–H groups in total. The average molecular weight is 308 g/mol. The lowest BCUT2D eigenvalue weighted by molar-refractivity contribution is 0.169. The first-order chi connectivity index (χ1) is 10.1. The van der Waals surface area contributed by atoms with Crippen molar-refractivity contribution in [2.45, 2.75) is 19.4 Å². The van der Waals surface area contributed by atoms with Crippen molar-refractivity contribution in [1.29, 1.82) is 0 Å². The van der Waals surface area contributed by atoms with Crippen LogP contribution in [0.3, 0.4) is 0 Å². The highest BCUT2D eigenvalue weighted by atomic mass is 35.5. The van der Waals surface area contributed by atoms with Gasteiger partial charge in [-0.15, -0.1) is 0 Å². The van der Waals surface area contributed by atoms with E-state index >= 15 is 0 Å². The van der Waals surface area contributed by atoms with Crippen molar-refractivity contribution in [2.75, 3.05) is 18.0 Å². The van der Waals surface area contributed by atoms with E-state index < -0.39 is 6.10 Å². The van der Waals surface area contributed by atoms with E-state index in [1.807, 2.05) is 30.0 Å². The van der Waals surface area contributed by atoms with E-state index in [1.165, 1.54) is 6.07 Å². The van der Waals surface area contributed by atoms with E-state index in [1.54, 1.807) is 24.3 Å². The lowest BCUT2D eigenvalue weighted by Crippen LogP contribution is -2.26. The van der Waals surface area contributed by atoms with Gasteiger partial charge in [-0.05, 0) is 43.2 Å². The molecule has 0 aromatic heterocycles. The van der Waals surface area contributed by atoms with Gasteiger partial charge in [-0.1, -0.05) is 35.9 Å². The molecule has 2 aromatic carbocycles. The van der Waals surface area contributed by atoms with Gasteiger partial charge in [-0.3, -0.25) is 0 Å². The molecule has 4 heteroatoms. The van der Waals surface area contributed by atoms with Crippen LogP contribution in [0.1, 0.15) is 25.0 Å².